The molecule has 0 aliphatic rings. The summed E-state index contributed by atoms with van der Waals surface area (Å²) in [6.07, 6.45) is 6.82. The standard InChI is InChI=1S/C14H24N2O/c1-5-6-7-8-9-10-15-11(2)14-12(3)16-17-13(14)4/h5,11,15H,1,6-10H2,2-4H3. The minimum atomic E-state index is 0.320. The molecule has 1 aromatic heterocycles. The number of unbranched alkanes of at least 4 members (excludes halogenated alkanes) is 3. The zero-order chi connectivity index (χ0) is 12.7. The third-order valence-electron chi connectivity index (χ3n) is 3.06. The van der Waals surface area contributed by atoms with Crippen LogP contribution in [0.1, 0.15) is 55.7 Å². The molecule has 1 aromatic rings. The second-order valence-corrected chi connectivity index (χ2v) is 4.55. The zero-order valence-corrected chi connectivity index (χ0v) is 11.3. The molecule has 0 aliphatic carbocycles. The lowest BCUT2D eigenvalue weighted by molar-refractivity contribution is 0.390. The molecule has 3 heteroatoms. The van der Waals surface area contributed by atoms with Crippen molar-refractivity contribution >= 4 is 0 Å². The van der Waals surface area contributed by atoms with Crippen molar-refractivity contribution in [3.63, 3.8) is 0 Å². The van der Waals surface area contributed by atoms with Crippen LogP contribution in [-0.2, 0) is 0 Å². The van der Waals surface area contributed by atoms with Crippen LogP contribution in [-0.4, -0.2) is 11.7 Å². The monoisotopic (exact) mass is 236 g/mol. The van der Waals surface area contributed by atoms with Crippen molar-refractivity contribution in [2.45, 2.75) is 52.5 Å². The van der Waals surface area contributed by atoms with E-state index < -0.39 is 0 Å². The van der Waals surface area contributed by atoms with Gasteiger partial charge >= 0.3 is 0 Å². The fourth-order valence-electron chi connectivity index (χ4n) is 2.12. The molecule has 1 unspecified atom stereocenters. The van der Waals surface area contributed by atoms with Crippen molar-refractivity contribution in [1.82, 2.24) is 10.5 Å². The lowest BCUT2D eigenvalue weighted by Crippen LogP contribution is -2.20. The molecule has 0 spiro atoms. The number of nitrogens with one attached hydrogen (secondary N) is 1. The van der Waals surface area contributed by atoms with E-state index in [-0.39, 0.29) is 0 Å². The first kappa shape index (κ1) is 14.0. The molecule has 3 nitrogen and oxygen atoms in total. The topological polar surface area (TPSA) is 38.1 Å². The van der Waals surface area contributed by atoms with Crippen LogP contribution in [0, 0.1) is 13.8 Å². The Balaban J connectivity index is 2.25. The lowest BCUT2D eigenvalue weighted by Gasteiger charge is -2.13. The zero-order valence-electron chi connectivity index (χ0n) is 11.3. The summed E-state index contributed by atoms with van der Waals surface area (Å²) in [5, 5.41) is 7.50. The maximum Gasteiger partial charge on any atom is 0.138 e. The number of aryl methyl sites for hydroxylation is 2. The van der Waals surface area contributed by atoms with E-state index in [9.17, 15) is 0 Å². The lowest BCUT2D eigenvalue weighted by atomic mass is 10.1. The van der Waals surface area contributed by atoms with Crippen LogP contribution in [0.5, 0.6) is 0 Å². The fourth-order valence-corrected chi connectivity index (χ4v) is 2.12. The van der Waals surface area contributed by atoms with Crippen molar-refractivity contribution in [1.29, 1.82) is 0 Å². The number of nitrogens with zero attached hydrogens (tertiary/aromatic N) is 1. The normalized spacial score (nSPS) is 12.6. The maximum absolute atomic E-state index is 5.17. The van der Waals surface area contributed by atoms with Gasteiger partial charge in [-0.05, 0) is 46.6 Å². The molecule has 17 heavy (non-hydrogen) atoms. The van der Waals surface area contributed by atoms with Gasteiger partial charge in [0.05, 0.1) is 5.69 Å². The SMILES string of the molecule is C=CCCCCCNC(C)c1c(C)noc1C. The Morgan fingerprint density at radius 1 is 1.35 bits per heavy atom. The first-order valence-electron chi connectivity index (χ1n) is 6.44. The van der Waals surface area contributed by atoms with Crippen molar-refractivity contribution in [3.05, 3.63) is 29.7 Å². The van der Waals surface area contributed by atoms with Gasteiger partial charge in [0, 0.05) is 11.6 Å². The van der Waals surface area contributed by atoms with Gasteiger partial charge in [-0.2, -0.15) is 0 Å². The number of aromatic nitrogens is 1. The highest BCUT2D eigenvalue weighted by atomic mass is 16.5. The molecule has 1 atom stereocenters. The molecule has 1 heterocycles. The van der Waals surface area contributed by atoms with Gasteiger partial charge in [0.15, 0.2) is 0 Å². The van der Waals surface area contributed by atoms with Gasteiger partial charge in [-0.1, -0.05) is 17.7 Å². The summed E-state index contributed by atoms with van der Waals surface area (Å²) < 4.78 is 5.17. The molecule has 0 aliphatic heterocycles. The Morgan fingerprint density at radius 3 is 2.71 bits per heavy atom. The average molecular weight is 236 g/mol. The predicted molar refractivity (Wildman–Crippen MR) is 71.1 cm³/mol. The second-order valence-electron chi connectivity index (χ2n) is 4.55. The summed E-state index contributed by atoms with van der Waals surface area (Å²) in [5.74, 6) is 0.925. The molecule has 0 radical (unpaired) electrons. The molecule has 0 fully saturated rings. The van der Waals surface area contributed by atoms with Crippen LogP contribution in [0.2, 0.25) is 0 Å². The number of hydrogen-bond donors (Lipinski definition) is 1. The molecule has 96 valence electrons. The molecule has 0 amide bonds. The van der Waals surface area contributed by atoms with Gasteiger partial charge in [-0.15, -0.1) is 6.58 Å². The third-order valence-corrected chi connectivity index (χ3v) is 3.06. The number of rotatable bonds is 8. The minimum Gasteiger partial charge on any atom is -0.361 e. The Hall–Kier alpha value is -1.09. The van der Waals surface area contributed by atoms with E-state index in [2.05, 4.69) is 24.0 Å². The quantitative estimate of drug-likeness (QED) is 0.552. The van der Waals surface area contributed by atoms with Crippen LogP contribution in [0.4, 0.5) is 0 Å². The Bertz CT molecular complexity index is 324. The van der Waals surface area contributed by atoms with E-state index in [1.54, 1.807) is 0 Å². The van der Waals surface area contributed by atoms with E-state index >= 15 is 0 Å². The highest BCUT2D eigenvalue weighted by molar-refractivity contribution is 5.24. The summed E-state index contributed by atoms with van der Waals surface area (Å²) in [7, 11) is 0. The van der Waals surface area contributed by atoms with E-state index in [0.29, 0.717) is 6.04 Å². The number of hydrogen-bond acceptors (Lipinski definition) is 3. The van der Waals surface area contributed by atoms with E-state index in [1.807, 2.05) is 19.9 Å². The maximum atomic E-state index is 5.17. The molecule has 0 bridgehead atoms. The van der Waals surface area contributed by atoms with Crippen LogP contribution in [0.15, 0.2) is 17.2 Å². The summed E-state index contributed by atoms with van der Waals surface area (Å²) >= 11 is 0. The average Bonchev–Trinajstić information content (AvgIpc) is 2.63. The first-order chi connectivity index (χ1) is 8.16. The van der Waals surface area contributed by atoms with E-state index in [1.165, 1.54) is 24.8 Å². The largest absolute Gasteiger partial charge is 0.361 e. The van der Waals surface area contributed by atoms with Gasteiger partial charge in [0.1, 0.15) is 5.76 Å². The van der Waals surface area contributed by atoms with Crippen molar-refractivity contribution in [3.8, 4) is 0 Å². The highest BCUT2D eigenvalue weighted by Gasteiger charge is 2.15. The predicted octanol–water partition coefficient (Wildman–Crippen LogP) is 3.69. The minimum absolute atomic E-state index is 0.320. The van der Waals surface area contributed by atoms with E-state index in [0.717, 1.165) is 24.4 Å². The smallest absolute Gasteiger partial charge is 0.138 e. The Morgan fingerprint density at radius 2 is 2.12 bits per heavy atom. The molecule has 0 saturated heterocycles. The summed E-state index contributed by atoms with van der Waals surface area (Å²) in [6.45, 7) is 10.9. The molecular formula is C14H24N2O. The van der Waals surface area contributed by atoms with Crippen LogP contribution in [0.3, 0.4) is 0 Å². The Kier molecular flexibility index (Phi) is 5.98. The van der Waals surface area contributed by atoms with Crippen LogP contribution >= 0.6 is 0 Å². The van der Waals surface area contributed by atoms with E-state index in [4.69, 9.17) is 4.52 Å². The summed E-state index contributed by atoms with van der Waals surface area (Å²) in [4.78, 5) is 0. The third kappa shape index (κ3) is 4.35. The van der Waals surface area contributed by atoms with Gasteiger partial charge in [0.25, 0.3) is 0 Å². The summed E-state index contributed by atoms with van der Waals surface area (Å²) in [6, 6.07) is 0.320. The fraction of sp³-hybridized carbons (Fsp3) is 0.643. The van der Waals surface area contributed by atoms with Gasteiger partial charge in [-0.3, -0.25) is 0 Å². The van der Waals surface area contributed by atoms with Crippen molar-refractivity contribution in [2.75, 3.05) is 6.54 Å². The Labute approximate surface area is 104 Å². The van der Waals surface area contributed by atoms with Crippen molar-refractivity contribution in [2.24, 2.45) is 0 Å². The summed E-state index contributed by atoms with van der Waals surface area (Å²) in [5.41, 5.74) is 2.20. The van der Waals surface area contributed by atoms with Crippen molar-refractivity contribution < 1.29 is 4.52 Å². The second kappa shape index (κ2) is 7.28. The molecule has 1 rings (SSSR count). The number of allylic oxidation sites excluding steroid dienone is 1. The molecule has 1 N–H and O–H groups in total. The highest BCUT2D eigenvalue weighted by Crippen LogP contribution is 2.20. The first-order valence-corrected chi connectivity index (χ1v) is 6.44. The van der Waals surface area contributed by atoms with Gasteiger partial charge in [-0.25, -0.2) is 0 Å². The molecule has 0 saturated carbocycles. The van der Waals surface area contributed by atoms with Gasteiger partial charge in [0.2, 0.25) is 0 Å². The van der Waals surface area contributed by atoms with Crippen LogP contribution < -0.4 is 5.32 Å². The van der Waals surface area contributed by atoms with Crippen LogP contribution in [0.25, 0.3) is 0 Å². The van der Waals surface area contributed by atoms with Gasteiger partial charge < -0.3 is 9.84 Å². The molecule has 0 aromatic carbocycles. The molecular weight excluding hydrogens is 212 g/mol.